The van der Waals surface area contributed by atoms with E-state index in [1.807, 2.05) is 48.5 Å². The molecule has 4 heteroatoms. The average Bonchev–Trinajstić information content (AvgIpc) is 2.55. The molecule has 0 atom stereocenters. The SMILES string of the molecule is c1ccc(COc2ccc(-c3ccccn3)nc2)nc1. The van der Waals surface area contributed by atoms with Crippen LogP contribution >= 0.6 is 0 Å². The highest BCUT2D eigenvalue weighted by Crippen LogP contribution is 2.17. The Hall–Kier alpha value is -2.75. The van der Waals surface area contributed by atoms with Crippen molar-refractivity contribution in [3.05, 3.63) is 72.8 Å². The maximum atomic E-state index is 5.64. The molecule has 4 nitrogen and oxygen atoms in total. The number of rotatable bonds is 4. The van der Waals surface area contributed by atoms with Gasteiger partial charge in [0.05, 0.1) is 23.3 Å². The Labute approximate surface area is 117 Å². The molecule has 0 aliphatic heterocycles. The van der Waals surface area contributed by atoms with Crippen molar-refractivity contribution in [3.8, 4) is 17.1 Å². The zero-order valence-electron chi connectivity index (χ0n) is 10.8. The minimum absolute atomic E-state index is 0.436. The maximum Gasteiger partial charge on any atom is 0.138 e. The fourth-order valence-electron chi connectivity index (χ4n) is 1.77. The fourth-order valence-corrected chi connectivity index (χ4v) is 1.77. The van der Waals surface area contributed by atoms with E-state index < -0.39 is 0 Å². The van der Waals surface area contributed by atoms with Crippen LogP contribution in [0.15, 0.2) is 67.1 Å². The second kappa shape index (κ2) is 5.93. The van der Waals surface area contributed by atoms with Gasteiger partial charge in [0.25, 0.3) is 0 Å². The van der Waals surface area contributed by atoms with Crippen molar-refractivity contribution in [2.75, 3.05) is 0 Å². The monoisotopic (exact) mass is 263 g/mol. The number of hydrogen-bond acceptors (Lipinski definition) is 4. The maximum absolute atomic E-state index is 5.64. The number of aromatic nitrogens is 3. The summed E-state index contributed by atoms with van der Waals surface area (Å²) in [4.78, 5) is 12.8. The molecular weight excluding hydrogens is 250 g/mol. The van der Waals surface area contributed by atoms with E-state index in [1.165, 1.54) is 0 Å². The van der Waals surface area contributed by atoms with Crippen molar-refractivity contribution in [1.29, 1.82) is 0 Å². The molecule has 0 amide bonds. The highest BCUT2D eigenvalue weighted by atomic mass is 16.5. The molecule has 0 N–H and O–H groups in total. The standard InChI is InChI=1S/C16H13N3O/c1-3-9-17-13(5-1)12-20-14-7-8-16(19-11-14)15-6-2-4-10-18-15/h1-11H,12H2. The predicted molar refractivity (Wildman–Crippen MR) is 76.0 cm³/mol. The van der Waals surface area contributed by atoms with E-state index in [1.54, 1.807) is 18.6 Å². The van der Waals surface area contributed by atoms with Gasteiger partial charge < -0.3 is 4.74 Å². The van der Waals surface area contributed by atoms with Crippen molar-refractivity contribution in [2.24, 2.45) is 0 Å². The summed E-state index contributed by atoms with van der Waals surface area (Å²) >= 11 is 0. The van der Waals surface area contributed by atoms with Gasteiger partial charge in [-0.25, -0.2) is 0 Å². The first kappa shape index (κ1) is 12.3. The van der Waals surface area contributed by atoms with Crippen molar-refractivity contribution in [3.63, 3.8) is 0 Å². The van der Waals surface area contributed by atoms with Gasteiger partial charge in [-0.15, -0.1) is 0 Å². The van der Waals surface area contributed by atoms with Crippen molar-refractivity contribution < 1.29 is 4.74 Å². The molecule has 3 rings (SSSR count). The smallest absolute Gasteiger partial charge is 0.138 e. The summed E-state index contributed by atoms with van der Waals surface area (Å²) in [6.45, 7) is 0.436. The topological polar surface area (TPSA) is 47.9 Å². The highest BCUT2D eigenvalue weighted by Gasteiger charge is 2.01. The van der Waals surface area contributed by atoms with Crippen molar-refractivity contribution in [2.45, 2.75) is 6.61 Å². The molecule has 0 saturated carbocycles. The molecular formula is C16H13N3O. The zero-order chi connectivity index (χ0) is 13.6. The molecule has 0 bridgehead atoms. The predicted octanol–water partition coefficient (Wildman–Crippen LogP) is 3.12. The molecule has 0 spiro atoms. The minimum Gasteiger partial charge on any atom is -0.486 e. The lowest BCUT2D eigenvalue weighted by molar-refractivity contribution is 0.300. The summed E-state index contributed by atoms with van der Waals surface area (Å²) in [6, 6.07) is 15.3. The molecule has 0 unspecified atom stereocenters. The Kier molecular flexibility index (Phi) is 3.64. The molecule has 3 aromatic heterocycles. The molecule has 0 radical (unpaired) electrons. The molecule has 98 valence electrons. The Balaban J connectivity index is 1.68. The van der Waals surface area contributed by atoms with Crippen LogP contribution in [0.1, 0.15) is 5.69 Å². The summed E-state index contributed by atoms with van der Waals surface area (Å²) in [5.41, 5.74) is 2.57. The number of ether oxygens (including phenoxy) is 1. The second-order valence-corrected chi connectivity index (χ2v) is 4.20. The van der Waals surface area contributed by atoms with E-state index in [4.69, 9.17) is 4.74 Å². The molecule has 20 heavy (non-hydrogen) atoms. The van der Waals surface area contributed by atoms with E-state index in [0.29, 0.717) is 6.61 Å². The van der Waals surface area contributed by atoms with Crippen molar-refractivity contribution in [1.82, 2.24) is 15.0 Å². The Morgan fingerprint density at radius 2 is 1.55 bits per heavy atom. The summed E-state index contributed by atoms with van der Waals surface area (Å²) in [5.74, 6) is 0.718. The lowest BCUT2D eigenvalue weighted by Gasteiger charge is -2.06. The minimum atomic E-state index is 0.436. The lowest BCUT2D eigenvalue weighted by Crippen LogP contribution is -1.98. The fraction of sp³-hybridized carbons (Fsp3) is 0.0625. The Morgan fingerprint density at radius 1 is 0.750 bits per heavy atom. The average molecular weight is 263 g/mol. The third-order valence-corrected chi connectivity index (χ3v) is 2.78. The van der Waals surface area contributed by atoms with E-state index in [9.17, 15) is 0 Å². The van der Waals surface area contributed by atoms with Crippen LogP contribution in [-0.4, -0.2) is 15.0 Å². The number of pyridine rings is 3. The van der Waals surface area contributed by atoms with Gasteiger partial charge in [-0.05, 0) is 36.4 Å². The first-order chi connectivity index (χ1) is 9.92. The van der Waals surface area contributed by atoms with Crippen molar-refractivity contribution >= 4 is 0 Å². The van der Waals surface area contributed by atoms with Crippen LogP contribution in [0.3, 0.4) is 0 Å². The molecule has 0 aromatic carbocycles. The van der Waals surface area contributed by atoms with E-state index in [0.717, 1.165) is 22.8 Å². The highest BCUT2D eigenvalue weighted by molar-refractivity contribution is 5.53. The van der Waals surface area contributed by atoms with Gasteiger partial charge in [0.1, 0.15) is 12.4 Å². The summed E-state index contributed by atoms with van der Waals surface area (Å²) in [5, 5.41) is 0. The molecule has 0 aliphatic carbocycles. The third-order valence-electron chi connectivity index (χ3n) is 2.78. The van der Waals surface area contributed by atoms with Crippen LogP contribution in [0.4, 0.5) is 0 Å². The van der Waals surface area contributed by atoms with E-state index >= 15 is 0 Å². The lowest BCUT2D eigenvalue weighted by atomic mass is 10.2. The Bertz CT molecular complexity index is 654. The first-order valence-electron chi connectivity index (χ1n) is 6.32. The van der Waals surface area contributed by atoms with Crippen LogP contribution in [0.2, 0.25) is 0 Å². The van der Waals surface area contributed by atoms with Crippen LogP contribution in [0.5, 0.6) is 5.75 Å². The third kappa shape index (κ3) is 2.98. The van der Waals surface area contributed by atoms with E-state index in [-0.39, 0.29) is 0 Å². The van der Waals surface area contributed by atoms with E-state index in [2.05, 4.69) is 15.0 Å². The zero-order valence-corrected chi connectivity index (χ0v) is 10.8. The molecule has 3 aromatic rings. The normalized spacial score (nSPS) is 10.2. The van der Waals surface area contributed by atoms with Gasteiger partial charge in [-0.2, -0.15) is 0 Å². The van der Waals surface area contributed by atoms with Gasteiger partial charge >= 0.3 is 0 Å². The van der Waals surface area contributed by atoms with Gasteiger partial charge in [-0.3, -0.25) is 15.0 Å². The number of nitrogens with zero attached hydrogens (tertiary/aromatic N) is 3. The summed E-state index contributed by atoms with van der Waals surface area (Å²) in [7, 11) is 0. The van der Waals surface area contributed by atoms with Crippen LogP contribution in [0, 0.1) is 0 Å². The van der Waals surface area contributed by atoms with Crippen LogP contribution < -0.4 is 4.74 Å². The summed E-state index contributed by atoms with van der Waals surface area (Å²) in [6.07, 6.45) is 5.20. The van der Waals surface area contributed by atoms with Gasteiger partial charge in [0.15, 0.2) is 0 Å². The molecule has 0 aliphatic rings. The quantitative estimate of drug-likeness (QED) is 0.725. The Morgan fingerprint density at radius 3 is 2.20 bits per heavy atom. The van der Waals surface area contributed by atoms with Gasteiger partial charge in [0, 0.05) is 12.4 Å². The summed E-state index contributed by atoms with van der Waals surface area (Å²) < 4.78 is 5.64. The van der Waals surface area contributed by atoms with Gasteiger partial charge in [0.2, 0.25) is 0 Å². The molecule has 3 heterocycles. The van der Waals surface area contributed by atoms with Gasteiger partial charge in [-0.1, -0.05) is 12.1 Å². The number of hydrogen-bond donors (Lipinski definition) is 0. The van der Waals surface area contributed by atoms with Crippen LogP contribution in [-0.2, 0) is 6.61 Å². The molecule has 0 saturated heterocycles. The molecule has 0 fully saturated rings. The first-order valence-corrected chi connectivity index (χ1v) is 6.32. The van der Waals surface area contributed by atoms with Crippen LogP contribution in [0.25, 0.3) is 11.4 Å². The largest absolute Gasteiger partial charge is 0.486 e. The second-order valence-electron chi connectivity index (χ2n) is 4.20.